The smallest absolute Gasteiger partial charge is 0.338 e. The van der Waals surface area contributed by atoms with Crippen LogP contribution in [-0.2, 0) is 9.53 Å². The molecule has 5 nitrogen and oxygen atoms in total. The predicted molar refractivity (Wildman–Crippen MR) is 106 cm³/mol. The van der Waals surface area contributed by atoms with Gasteiger partial charge in [0.2, 0.25) is 0 Å². The summed E-state index contributed by atoms with van der Waals surface area (Å²) < 4.78 is 5.09. The second-order valence-corrected chi connectivity index (χ2v) is 6.18. The largest absolute Gasteiger partial charge is 0.452 e. The lowest BCUT2D eigenvalue weighted by Crippen LogP contribution is -2.22. The molecule has 3 aromatic carbocycles. The van der Waals surface area contributed by atoms with Crippen molar-refractivity contribution in [3.63, 3.8) is 0 Å². The maximum Gasteiger partial charge on any atom is 0.338 e. The van der Waals surface area contributed by atoms with Gasteiger partial charge in [-0.25, -0.2) is 4.79 Å². The first-order chi connectivity index (χ1) is 13.6. The number of esters is 1. The zero-order chi connectivity index (χ0) is 19.9. The van der Waals surface area contributed by atoms with E-state index in [1.54, 1.807) is 73.7 Å². The van der Waals surface area contributed by atoms with Gasteiger partial charge in [-0.05, 0) is 30.7 Å². The topological polar surface area (TPSA) is 72.5 Å². The Balaban J connectivity index is 1.67. The maximum absolute atomic E-state index is 12.7. The van der Waals surface area contributed by atoms with Gasteiger partial charge in [0.25, 0.3) is 5.91 Å². The van der Waals surface area contributed by atoms with Crippen LogP contribution < -0.4 is 5.32 Å². The van der Waals surface area contributed by atoms with Crippen molar-refractivity contribution in [2.75, 3.05) is 11.9 Å². The summed E-state index contributed by atoms with van der Waals surface area (Å²) in [7, 11) is 0. The molecule has 3 aromatic rings. The number of hydrogen-bond donors (Lipinski definition) is 1. The summed E-state index contributed by atoms with van der Waals surface area (Å²) in [6.45, 7) is 1.35. The van der Waals surface area contributed by atoms with Gasteiger partial charge in [0.15, 0.2) is 12.4 Å². The first-order valence-corrected chi connectivity index (χ1v) is 8.77. The van der Waals surface area contributed by atoms with Crippen LogP contribution >= 0.6 is 0 Å². The van der Waals surface area contributed by atoms with Crippen LogP contribution in [0.2, 0.25) is 0 Å². The van der Waals surface area contributed by atoms with Gasteiger partial charge >= 0.3 is 5.97 Å². The Labute approximate surface area is 163 Å². The molecule has 5 heteroatoms. The molecule has 1 amide bonds. The summed E-state index contributed by atoms with van der Waals surface area (Å²) >= 11 is 0. The maximum atomic E-state index is 12.7. The summed E-state index contributed by atoms with van der Waals surface area (Å²) in [5.41, 5.74) is 2.44. The van der Waals surface area contributed by atoms with Gasteiger partial charge in [0, 0.05) is 11.1 Å². The fourth-order valence-electron chi connectivity index (χ4n) is 2.73. The van der Waals surface area contributed by atoms with E-state index in [2.05, 4.69) is 5.32 Å². The molecule has 0 saturated carbocycles. The van der Waals surface area contributed by atoms with Crippen LogP contribution in [0.5, 0.6) is 0 Å². The number of carbonyl (C=O) groups excluding carboxylic acids is 3. The van der Waals surface area contributed by atoms with Crippen LogP contribution in [-0.4, -0.2) is 24.3 Å². The number of rotatable bonds is 6. The fourth-order valence-corrected chi connectivity index (χ4v) is 2.73. The number of ether oxygens (including phenoxy) is 1. The van der Waals surface area contributed by atoms with E-state index in [-0.39, 0.29) is 5.78 Å². The van der Waals surface area contributed by atoms with Gasteiger partial charge in [-0.1, -0.05) is 60.7 Å². The lowest BCUT2D eigenvalue weighted by atomic mass is 10.0. The third kappa shape index (κ3) is 4.51. The zero-order valence-corrected chi connectivity index (χ0v) is 15.3. The summed E-state index contributed by atoms with van der Waals surface area (Å²) in [6.07, 6.45) is 0. The number of ketones is 1. The van der Waals surface area contributed by atoms with E-state index < -0.39 is 18.5 Å². The molecule has 0 aliphatic carbocycles. The Kier molecular flexibility index (Phi) is 5.97. The highest BCUT2D eigenvalue weighted by Gasteiger charge is 2.16. The van der Waals surface area contributed by atoms with E-state index in [9.17, 15) is 14.4 Å². The SMILES string of the molecule is Cc1ccccc1C(=O)OCC(=O)Nc1ccccc1C(=O)c1ccccc1. The van der Waals surface area contributed by atoms with Gasteiger partial charge in [0.1, 0.15) is 0 Å². The lowest BCUT2D eigenvalue weighted by Gasteiger charge is -2.11. The number of benzene rings is 3. The van der Waals surface area contributed by atoms with Crippen molar-refractivity contribution in [2.24, 2.45) is 0 Å². The van der Waals surface area contributed by atoms with Crippen LogP contribution in [0, 0.1) is 6.92 Å². The number of hydrogen-bond acceptors (Lipinski definition) is 4. The molecule has 28 heavy (non-hydrogen) atoms. The van der Waals surface area contributed by atoms with Crippen molar-refractivity contribution in [2.45, 2.75) is 6.92 Å². The third-order valence-corrected chi connectivity index (χ3v) is 4.18. The summed E-state index contributed by atoms with van der Waals surface area (Å²) in [6, 6.07) is 22.5. The Hall–Kier alpha value is -3.73. The Bertz CT molecular complexity index is 1010. The number of para-hydroxylation sites is 1. The number of amides is 1. The van der Waals surface area contributed by atoms with Crippen LogP contribution in [0.3, 0.4) is 0 Å². The van der Waals surface area contributed by atoms with Crippen LogP contribution in [0.1, 0.15) is 31.8 Å². The van der Waals surface area contributed by atoms with E-state index in [1.807, 2.05) is 12.1 Å². The number of carbonyl (C=O) groups is 3. The normalized spacial score (nSPS) is 10.2. The minimum atomic E-state index is -0.568. The Morgan fingerprint density at radius 2 is 1.39 bits per heavy atom. The molecule has 0 heterocycles. The van der Waals surface area contributed by atoms with Crippen LogP contribution in [0.25, 0.3) is 0 Å². The lowest BCUT2D eigenvalue weighted by molar-refractivity contribution is -0.119. The zero-order valence-electron chi connectivity index (χ0n) is 15.3. The number of aryl methyl sites for hydroxylation is 1. The summed E-state index contributed by atoms with van der Waals surface area (Å²) in [4.78, 5) is 37.1. The van der Waals surface area contributed by atoms with Gasteiger partial charge in [-0.2, -0.15) is 0 Å². The summed E-state index contributed by atoms with van der Waals surface area (Å²) in [5, 5.41) is 2.65. The molecule has 0 saturated heterocycles. The minimum Gasteiger partial charge on any atom is -0.452 e. The van der Waals surface area contributed by atoms with E-state index in [1.165, 1.54) is 0 Å². The van der Waals surface area contributed by atoms with Gasteiger partial charge in [-0.3, -0.25) is 9.59 Å². The van der Waals surface area contributed by atoms with Crippen LogP contribution in [0.15, 0.2) is 78.9 Å². The van der Waals surface area contributed by atoms with Crippen molar-refractivity contribution in [1.29, 1.82) is 0 Å². The molecule has 140 valence electrons. The van der Waals surface area contributed by atoms with E-state index >= 15 is 0 Å². The molecular formula is C23H19NO4. The fraction of sp³-hybridized carbons (Fsp3) is 0.0870. The standard InChI is InChI=1S/C23H19NO4/c1-16-9-5-6-12-18(16)23(27)28-15-21(25)24-20-14-8-7-13-19(20)22(26)17-10-3-2-4-11-17/h2-14H,15H2,1H3,(H,24,25). The molecule has 1 N–H and O–H groups in total. The molecule has 0 spiro atoms. The van der Waals surface area contributed by atoms with Crippen LogP contribution in [0.4, 0.5) is 5.69 Å². The van der Waals surface area contributed by atoms with Crippen molar-refractivity contribution < 1.29 is 19.1 Å². The highest BCUT2D eigenvalue weighted by atomic mass is 16.5. The second-order valence-electron chi connectivity index (χ2n) is 6.18. The van der Waals surface area contributed by atoms with E-state index in [4.69, 9.17) is 4.74 Å². The van der Waals surface area contributed by atoms with Gasteiger partial charge in [-0.15, -0.1) is 0 Å². The molecule has 3 rings (SSSR count). The number of anilines is 1. The van der Waals surface area contributed by atoms with Crippen molar-refractivity contribution in [3.05, 3.63) is 101 Å². The first-order valence-electron chi connectivity index (χ1n) is 8.77. The Morgan fingerprint density at radius 1 is 0.786 bits per heavy atom. The van der Waals surface area contributed by atoms with Gasteiger partial charge in [0.05, 0.1) is 11.3 Å². The molecule has 0 fully saturated rings. The molecule has 0 aliphatic rings. The molecule has 0 bridgehead atoms. The average molecular weight is 373 g/mol. The van der Waals surface area contributed by atoms with E-state index in [0.717, 1.165) is 5.56 Å². The van der Waals surface area contributed by atoms with Crippen molar-refractivity contribution in [1.82, 2.24) is 0 Å². The summed E-state index contributed by atoms with van der Waals surface area (Å²) in [5.74, 6) is -1.29. The van der Waals surface area contributed by atoms with Crippen molar-refractivity contribution >= 4 is 23.3 Å². The average Bonchev–Trinajstić information content (AvgIpc) is 2.73. The predicted octanol–water partition coefficient (Wildman–Crippen LogP) is 4.02. The molecule has 0 atom stereocenters. The molecular weight excluding hydrogens is 354 g/mol. The minimum absolute atomic E-state index is 0.201. The Morgan fingerprint density at radius 3 is 2.11 bits per heavy atom. The molecule has 0 radical (unpaired) electrons. The molecule has 0 unspecified atom stereocenters. The number of nitrogens with one attached hydrogen (secondary N) is 1. The monoisotopic (exact) mass is 373 g/mol. The van der Waals surface area contributed by atoms with Crippen molar-refractivity contribution in [3.8, 4) is 0 Å². The quantitative estimate of drug-likeness (QED) is 0.523. The van der Waals surface area contributed by atoms with E-state index in [0.29, 0.717) is 22.4 Å². The highest BCUT2D eigenvalue weighted by Crippen LogP contribution is 2.19. The second kappa shape index (κ2) is 8.77. The highest BCUT2D eigenvalue weighted by molar-refractivity contribution is 6.14. The third-order valence-electron chi connectivity index (χ3n) is 4.18. The molecule has 0 aromatic heterocycles. The molecule has 0 aliphatic heterocycles. The first kappa shape index (κ1) is 19.0. The van der Waals surface area contributed by atoms with Gasteiger partial charge < -0.3 is 10.1 Å².